The first kappa shape index (κ1) is 11.4. The topological polar surface area (TPSA) is 58.1 Å². The van der Waals surface area contributed by atoms with Crippen molar-refractivity contribution in [3.63, 3.8) is 0 Å². The van der Waals surface area contributed by atoms with Crippen LogP contribution in [0.4, 0.5) is 4.79 Å². The second-order valence-electron chi connectivity index (χ2n) is 3.44. The summed E-state index contributed by atoms with van der Waals surface area (Å²) in [5, 5.41) is 3.07. The predicted octanol–water partition coefficient (Wildman–Crippen LogP) is 1.48. The van der Waals surface area contributed by atoms with E-state index in [0.717, 1.165) is 11.3 Å². The average Bonchev–Trinajstić information content (AvgIpc) is 2.27. The third-order valence-corrected chi connectivity index (χ3v) is 2.97. The molecule has 0 aliphatic carbocycles. The Hall–Kier alpha value is -1.07. The van der Waals surface area contributed by atoms with Gasteiger partial charge < -0.3 is 10.2 Å². The summed E-state index contributed by atoms with van der Waals surface area (Å²) in [7, 11) is 1.60. The molecular formula is C9H10Cl2N4O. The summed E-state index contributed by atoms with van der Waals surface area (Å²) < 4.78 is 0. The minimum atomic E-state index is -0.128. The molecule has 2 rings (SSSR count). The van der Waals surface area contributed by atoms with E-state index in [9.17, 15) is 4.79 Å². The van der Waals surface area contributed by atoms with Crippen molar-refractivity contribution in [3.8, 4) is 0 Å². The van der Waals surface area contributed by atoms with E-state index in [4.69, 9.17) is 23.2 Å². The molecule has 1 N–H and O–H groups in total. The second kappa shape index (κ2) is 4.43. The molecule has 0 aromatic carbocycles. The minimum absolute atomic E-state index is 0.113. The fraction of sp³-hybridized carbons (Fsp3) is 0.444. The maximum Gasteiger partial charge on any atom is 0.317 e. The molecule has 0 unspecified atom stereocenters. The number of nitrogens with zero attached hydrogens (tertiary/aromatic N) is 3. The Morgan fingerprint density at radius 1 is 1.44 bits per heavy atom. The van der Waals surface area contributed by atoms with E-state index in [1.54, 1.807) is 11.9 Å². The maximum absolute atomic E-state index is 11.5. The van der Waals surface area contributed by atoms with E-state index in [1.807, 2.05) is 0 Å². The second-order valence-corrected chi connectivity index (χ2v) is 4.13. The van der Waals surface area contributed by atoms with Gasteiger partial charge in [0.05, 0.1) is 12.2 Å². The van der Waals surface area contributed by atoms with Crippen LogP contribution in [-0.4, -0.2) is 34.5 Å². The quantitative estimate of drug-likeness (QED) is 0.568. The molecule has 0 atom stereocenters. The van der Waals surface area contributed by atoms with Crippen LogP contribution in [0, 0.1) is 0 Å². The van der Waals surface area contributed by atoms with Gasteiger partial charge in [0.1, 0.15) is 5.15 Å². The number of halogens is 2. The summed E-state index contributed by atoms with van der Waals surface area (Å²) >= 11 is 11.7. The van der Waals surface area contributed by atoms with Crippen molar-refractivity contribution in [2.75, 3.05) is 13.6 Å². The van der Waals surface area contributed by atoms with Gasteiger partial charge in [-0.2, -0.15) is 0 Å². The molecule has 86 valence electrons. The van der Waals surface area contributed by atoms with Crippen molar-refractivity contribution in [1.29, 1.82) is 0 Å². The lowest BCUT2D eigenvalue weighted by Gasteiger charge is -2.27. The fourth-order valence-corrected chi connectivity index (χ4v) is 2.20. The number of urea groups is 1. The van der Waals surface area contributed by atoms with Crippen molar-refractivity contribution in [1.82, 2.24) is 20.2 Å². The van der Waals surface area contributed by atoms with E-state index in [-0.39, 0.29) is 11.3 Å². The van der Waals surface area contributed by atoms with Gasteiger partial charge >= 0.3 is 6.03 Å². The molecular weight excluding hydrogens is 251 g/mol. The van der Waals surface area contributed by atoms with Gasteiger partial charge in [-0.1, -0.05) is 11.6 Å². The van der Waals surface area contributed by atoms with Crippen molar-refractivity contribution in [3.05, 3.63) is 21.7 Å². The van der Waals surface area contributed by atoms with Crippen LogP contribution in [0.5, 0.6) is 0 Å². The highest BCUT2D eigenvalue weighted by atomic mass is 35.5. The van der Waals surface area contributed by atoms with Crippen LogP contribution in [0.2, 0.25) is 10.4 Å². The normalized spacial score (nSPS) is 14.6. The van der Waals surface area contributed by atoms with Gasteiger partial charge in [-0.3, -0.25) is 0 Å². The highest BCUT2D eigenvalue weighted by molar-refractivity contribution is 6.32. The molecule has 1 aromatic rings. The molecule has 7 heteroatoms. The SMILES string of the molecule is CNC(=O)N1CCc2c(Cl)nc(Cl)nc2C1. The zero-order chi connectivity index (χ0) is 11.7. The molecule has 16 heavy (non-hydrogen) atoms. The van der Waals surface area contributed by atoms with Gasteiger partial charge in [-0.25, -0.2) is 14.8 Å². The van der Waals surface area contributed by atoms with Gasteiger partial charge in [-0.05, 0) is 18.0 Å². The molecule has 2 heterocycles. The first-order valence-corrected chi connectivity index (χ1v) is 5.55. The van der Waals surface area contributed by atoms with Gasteiger partial charge in [0.15, 0.2) is 0 Å². The van der Waals surface area contributed by atoms with Crippen LogP contribution < -0.4 is 5.32 Å². The summed E-state index contributed by atoms with van der Waals surface area (Å²) in [5.74, 6) is 0. The Morgan fingerprint density at radius 3 is 2.88 bits per heavy atom. The van der Waals surface area contributed by atoms with Crippen LogP contribution in [0.1, 0.15) is 11.3 Å². The molecule has 5 nitrogen and oxygen atoms in total. The number of rotatable bonds is 0. The zero-order valence-corrected chi connectivity index (χ0v) is 10.1. The third kappa shape index (κ3) is 2.05. The highest BCUT2D eigenvalue weighted by Crippen LogP contribution is 2.24. The number of hydrogen-bond acceptors (Lipinski definition) is 3. The van der Waals surface area contributed by atoms with Crippen LogP contribution in [-0.2, 0) is 13.0 Å². The van der Waals surface area contributed by atoms with Crippen LogP contribution in [0.15, 0.2) is 0 Å². The number of fused-ring (bicyclic) bond motifs is 1. The summed E-state index contributed by atoms with van der Waals surface area (Å²) in [6.45, 7) is 1.02. The highest BCUT2D eigenvalue weighted by Gasteiger charge is 2.23. The summed E-state index contributed by atoms with van der Waals surface area (Å²) in [4.78, 5) is 21.1. The molecule has 0 bridgehead atoms. The molecule has 0 fully saturated rings. The molecule has 1 aliphatic heterocycles. The first-order chi connectivity index (χ1) is 7.61. The van der Waals surface area contributed by atoms with Crippen LogP contribution >= 0.6 is 23.2 Å². The number of aromatic nitrogens is 2. The lowest BCUT2D eigenvalue weighted by molar-refractivity contribution is 0.193. The van der Waals surface area contributed by atoms with Crippen molar-refractivity contribution in [2.24, 2.45) is 0 Å². The standard InChI is InChI=1S/C9H10Cl2N4O/c1-12-9(16)15-3-2-5-6(4-15)13-8(11)14-7(5)10/h2-4H2,1H3,(H,12,16). The summed E-state index contributed by atoms with van der Waals surface area (Å²) in [6.07, 6.45) is 0.652. The van der Waals surface area contributed by atoms with Crippen molar-refractivity contribution >= 4 is 29.2 Å². The molecule has 1 aliphatic rings. The van der Waals surface area contributed by atoms with E-state index in [2.05, 4.69) is 15.3 Å². The van der Waals surface area contributed by atoms with Gasteiger partial charge in [-0.15, -0.1) is 0 Å². The number of amides is 2. The molecule has 2 amide bonds. The number of nitrogens with one attached hydrogen (secondary N) is 1. The Balaban J connectivity index is 2.30. The monoisotopic (exact) mass is 260 g/mol. The number of carbonyl (C=O) groups is 1. The predicted molar refractivity (Wildman–Crippen MR) is 60.6 cm³/mol. The van der Waals surface area contributed by atoms with E-state index >= 15 is 0 Å². The molecule has 0 spiro atoms. The Labute approximate surface area is 103 Å². The Bertz CT molecular complexity index is 438. The lowest BCUT2D eigenvalue weighted by atomic mass is 10.1. The van der Waals surface area contributed by atoms with Crippen LogP contribution in [0.3, 0.4) is 0 Å². The van der Waals surface area contributed by atoms with Crippen molar-refractivity contribution < 1.29 is 4.79 Å². The van der Waals surface area contributed by atoms with E-state index in [0.29, 0.717) is 24.7 Å². The largest absolute Gasteiger partial charge is 0.341 e. The van der Waals surface area contributed by atoms with E-state index < -0.39 is 0 Å². The van der Waals surface area contributed by atoms with Gasteiger partial charge in [0, 0.05) is 19.2 Å². The molecule has 0 saturated heterocycles. The Morgan fingerprint density at radius 2 is 2.19 bits per heavy atom. The zero-order valence-electron chi connectivity index (χ0n) is 8.63. The summed E-state index contributed by atoms with van der Waals surface area (Å²) in [6, 6.07) is -0.128. The fourth-order valence-electron chi connectivity index (χ4n) is 1.69. The summed E-state index contributed by atoms with van der Waals surface area (Å²) in [5.41, 5.74) is 1.60. The smallest absolute Gasteiger partial charge is 0.317 e. The average molecular weight is 261 g/mol. The van der Waals surface area contributed by atoms with E-state index in [1.165, 1.54) is 0 Å². The molecule has 0 saturated carbocycles. The van der Waals surface area contributed by atoms with Gasteiger partial charge in [0.25, 0.3) is 0 Å². The van der Waals surface area contributed by atoms with Gasteiger partial charge in [0.2, 0.25) is 5.28 Å². The Kier molecular flexibility index (Phi) is 3.16. The minimum Gasteiger partial charge on any atom is -0.341 e. The maximum atomic E-state index is 11.5. The first-order valence-electron chi connectivity index (χ1n) is 4.79. The third-order valence-electron chi connectivity index (χ3n) is 2.49. The van der Waals surface area contributed by atoms with Crippen molar-refractivity contribution in [2.45, 2.75) is 13.0 Å². The van der Waals surface area contributed by atoms with Crippen LogP contribution in [0.25, 0.3) is 0 Å². The molecule has 1 aromatic heterocycles. The lowest BCUT2D eigenvalue weighted by Crippen LogP contribution is -2.41. The number of carbonyl (C=O) groups excluding carboxylic acids is 1. The number of hydrogen-bond donors (Lipinski definition) is 1. The molecule has 0 radical (unpaired) electrons.